The highest BCUT2D eigenvalue weighted by molar-refractivity contribution is 4.81. The topological polar surface area (TPSA) is 21.3 Å². The predicted molar refractivity (Wildman–Crippen MR) is 65.0 cm³/mol. The third kappa shape index (κ3) is 3.76. The van der Waals surface area contributed by atoms with Crippen LogP contribution in [-0.4, -0.2) is 25.3 Å². The summed E-state index contributed by atoms with van der Waals surface area (Å²) >= 11 is 0. The third-order valence-electron chi connectivity index (χ3n) is 3.70. The fraction of sp³-hybridized carbons (Fsp3) is 1.00. The number of nitrogens with one attached hydrogen (secondary N) is 1. The van der Waals surface area contributed by atoms with Crippen molar-refractivity contribution in [2.24, 2.45) is 17.8 Å². The van der Waals surface area contributed by atoms with Crippen molar-refractivity contribution in [1.29, 1.82) is 0 Å². The first-order chi connectivity index (χ1) is 7.02. The van der Waals surface area contributed by atoms with Crippen LogP contribution in [0.15, 0.2) is 0 Å². The molecule has 1 aliphatic rings. The van der Waals surface area contributed by atoms with Crippen molar-refractivity contribution in [2.75, 3.05) is 13.2 Å². The van der Waals surface area contributed by atoms with Gasteiger partial charge < -0.3 is 10.1 Å². The van der Waals surface area contributed by atoms with E-state index in [1.165, 1.54) is 6.42 Å². The van der Waals surface area contributed by atoms with Crippen LogP contribution in [0.4, 0.5) is 0 Å². The molecule has 0 aromatic heterocycles. The lowest BCUT2D eigenvalue weighted by molar-refractivity contribution is 0.110. The molecule has 0 spiro atoms. The van der Waals surface area contributed by atoms with Gasteiger partial charge >= 0.3 is 0 Å². The Morgan fingerprint density at radius 2 is 1.80 bits per heavy atom. The average Bonchev–Trinajstić information content (AvgIpc) is 2.51. The molecular weight excluding hydrogens is 186 g/mol. The van der Waals surface area contributed by atoms with E-state index in [1.54, 1.807) is 0 Å². The summed E-state index contributed by atoms with van der Waals surface area (Å²) in [6.45, 7) is 13.5. The Balaban J connectivity index is 2.33. The first-order valence-electron chi connectivity index (χ1n) is 6.37. The first-order valence-corrected chi connectivity index (χ1v) is 6.37. The van der Waals surface area contributed by atoms with Gasteiger partial charge in [-0.25, -0.2) is 0 Å². The van der Waals surface area contributed by atoms with Crippen molar-refractivity contribution < 1.29 is 4.74 Å². The molecule has 0 bridgehead atoms. The Bertz CT molecular complexity index is 171. The molecule has 1 saturated heterocycles. The van der Waals surface area contributed by atoms with Gasteiger partial charge in [-0.15, -0.1) is 0 Å². The SMILES string of the molecule is CC(C)C(CNC1CCOC1C)C(C)C. The largest absolute Gasteiger partial charge is 0.377 e. The van der Waals surface area contributed by atoms with Crippen molar-refractivity contribution in [2.45, 2.75) is 53.2 Å². The monoisotopic (exact) mass is 213 g/mol. The minimum Gasteiger partial charge on any atom is -0.377 e. The van der Waals surface area contributed by atoms with E-state index in [0.29, 0.717) is 12.1 Å². The quantitative estimate of drug-likeness (QED) is 0.758. The predicted octanol–water partition coefficient (Wildman–Crippen LogP) is 2.68. The molecule has 0 saturated carbocycles. The molecule has 1 aliphatic heterocycles. The minimum atomic E-state index is 0.393. The lowest BCUT2D eigenvalue weighted by atomic mass is 9.85. The molecule has 1 fully saturated rings. The van der Waals surface area contributed by atoms with Crippen molar-refractivity contribution in [1.82, 2.24) is 5.32 Å². The summed E-state index contributed by atoms with van der Waals surface area (Å²) in [7, 11) is 0. The van der Waals surface area contributed by atoms with Gasteiger partial charge in [0.25, 0.3) is 0 Å². The van der Waals surface area contributed by atoms with Crippen LogP contribution >= 0.6 is 0 Å². The number of hydrogen-bond donors (Lipinski definition) is 1. The molecule has 1 rings (SSSR count). The van der Waals surface area contributed by atoms with Crippen LogP contribution < -0.4 is 5.32 Å². The fourth-order valence-corrected chi connectivity index (χ4v) is 2.53. The van der Waals surface area contributed by atoms with E-state index in [0.717, 1.165) is 30.9 Å². The lowest BCUT2D eigenvalue weighted by Gasteiger charge is -2.27. The van der Waals surface area contributed by atoms with Crippen LogP contribution in [0.5, 0.6) is 0 Å². The maximum absolute atomic E-state index is 5.56. The molecule has 0 aliphatic carbocycles. The van der Waals surface area contributed by atoms with E-state index in [2.05, 4.69) is 39.9 Å². The van der Waals surface area contributed by atoms with Gasteiger partial charge in [0.2, 0.25) is 0 Å². The van der Waals surface area contributed by atoms with Crippen LogP contribution in [-0.2, 0) is 4.74 Å². The maximum Gasteiger partial charge on any atom is 0.0700 e. The summed E-state index contributed by atoms with van der Waals surface area (Å²) in [5.74, 6) is 2.29. The van der Waals surface area contributed by atoms with Crippen LogP contribution in [0.3, 0.4) is 0 Å². The van der Waals surface area contributed by atoms with Gasteiger partial charge in [0.1, 0.15) is 0 Å². The Hall–Kier alpha value is -0.0800. The van der Waals surface area contributed by atoms with Crippen molar-refractivity contribution >= 4 is 0 Å². The Labute approximate surface area is 94.8 Å². The molecule has 1 heterocycles. The smallest absolute Gasteiger partial charge is 0.0700 e. The lowest BCUT2D eigenvalue weighted by Crippen LogP contribution is -2.40. The van der Waals surface area contributed by atoms with E-state index in [9.17, 15) is 0 Å². The molecule has 2 heteroatoms. The second-order valence-electron chi connectivity index (χ2n) is 5.53. The molecule has 0 aromatic carbocycles. The summed E-state index contributed by atoms with van der Waals surface area (Å²) in [6, 6.07) is 0.574. The molecular formula is C13H27NO. The van der Waals surface area contributed by atoms with E-state index >= 15 is 0 Å². The van der Waals surface area contributed by atoms with E-state index in [-0.39, 0.29) is 0 Å². The van der Waals surface area contributed by atoms with Crippen LogP contribution in [0.1, 0.15) is 41.0 Å². The highest BCUT2D eigenvalue weighted by Crippen LogP contribution is 2.21. The first kappa shape index (κ1) is 13.0. The molecule has 2 unspecified atom stereocenters. The zero-order valence-electron chi connectivity index (χ0n) is 10.9. The van der Waals surface area contributed by atoms with Gasteiger partial charge in [-0.05, 0) is 37.6 Å². The standard InChI is InChI=1S/C13H27NO/c1-9(2)12(10(3)4)8-14-13-6-7-15-11(13)5/h9-14H,6-8H2,1-5H3. The van der Waals surface area contributed by atoms with Gasteiger partial charge in [-0.3, -0.25) is 0 Å². The molecule has 15 heavy (non-hydrogen) atoms. The Morgan fingerprint density at radius 3 is 2.20 bits per heavy atom. The average molecular weight is 213 g/mol. The molecule has 0 amide bonds. The van der Waals surface area contributed by atoms with Crippen molar-refractivity contribution in [3.05, 3.63) is 0 Å². The third-order valence-corrected chi connectivity index (χ3v) is 3.70. The summed E-state index contributed by atoms with van der Waals surface area (Å²) < 4.78 is 5.56. The van der Waals surface area contributed by atoms with Crippen LogP contribution in [0.25, 0.3) is 0 Å². The van der Waals surface area contributed by atoms with E-state index < -0.39 is 0 Å². The number of rotatable bonds is 5. The Kier molecular flexibility index (Phi) is 5.07. The van der Waals surface area contributed by atoms with Crippen LogP contribution in [0.2, 0.25) is 0 Å². The fourth-order valence-electron chi connectivity index (χ4n) is 2.53. The zero-order valence-corrected chi connectivity index (χ0v) is 10.9. The maximum atomic E-state index is 5.56. The van der Waals surface area contributed by atoms with Gasteiger partial charge in [0, 0.05) is 12.6 Å². The zero-order chi connectivity index (χ0) is 11.4. The highest BCUT2D eigenvalue weighted by Gasteiger charge is 2.25. The Morgan fingerprint density at radius 1 is 1.20 bits per heavy atom. The number of ether oxygens (including phenoxy) is 1. The molecule has 0 aromatic rings. The molecule has 2 atom stereocenters. The van der Waals surface area contributed by atoms with E-state index in [1.807, 2.05) is 0 Å². The summed E-state index contributed by atoms with van der Waals surface area (Å²) in [5, 5.41) is 3.67. The second kappa shape index (κ2) is 5.86. The summed E-state index contributed by atoms with van der Waals surface area (Å²) in [5.41, 5.74) is 0. The summed E-state index contributed by atoms with van der Waals surface area (Å²) in [6.07, 6.45) is 1.56. The summed E-state index contributed by atoms with van der Waals surface area (Å²) in [4.78, 5) is 0. The van der Waals surface area contributed by atoms with Gasteiger partial charge in [0.05, 0.1) is 6.10 Å². The second-order valence-corrected chi connectivity index (χ2v) is 5.53. The van der Waals surface area contributed by atoms with Crippen molar-refractivity contribution in [3.63, 3.8) is 0 Å². The van der Waals surface area contributed by atoms with E-state index in [4.69, 9.17) is 4.74 Å². The molecule has 90 valence electrons. The molecule has 0 radical (unpaired) electrons. The minimum absolute atomic E-state index is 0.393. The van der Waals surface area contributed by atoms with Crippen LogP contribution in [0, 0.1) is 17.8 Å². The molecule has 2 nitrogen and oxygen atoms in total. The number of hydrogen-bond acceptors (Lipinski definition) is 2. The van der Waals surface area contributed by atoms with Gasteiger partial charge in [-0.2, -0.15) is 0 Å². The highest BCUT2D eigenvalue weighted by atomic mass is 16.5. The molecule has 1 N–H and O–H groups in total. The normalized spacial score (nSPS) is 27.2. The van der Waals surface area contributed by atoms with Gasteiger partial charge in [0.15, 0.2) is 0 Å². The van der Waals surface area contributed by atoms with Gasteiger partial charge in [-0.1, -0.05) is 27.7 Å². The van der Waals surface area contributed by atoms with Crippen molar-refractivity contribution in [3.8, 4) is 0 Å².